The van der Waals surface area contributed by atoms with Crippen LogP contribution in [-0.4, -0.2) is 17.1 Å². The highest BCUT2D eigenvalue weighted by atomic mass is 16.3. The van der Waals surface area contributed by atoms with Gasteiger partial charge in [-0.1, -0.05) is 12.2 Å². The van der Waals surface area contributed by atoms with E-state index in [1.54, 1.807) is 12.2 Å². The summed E-state index contributed by atoms with van der Waals surface area (Å²) in [6.45, 7) is 0. The van der Waals surface area contributed by atoms with Crippen molar-refractivity contribution in [3.63, 3.8) is 0 Å². The lowest BCUT2D eigenvalue weighted by molar-refractivity contribution is -0.122. The topological polar surface area (TPSA) is 63.3 Å². The number of carbonyl (C=O) groups is 1. The average Bonchev–Trinajstić information content (AvgIpc) is 1.88. The van der Waals surface area contributed by atoms with Gasteiger partial charge in [-0.2, -0.15) is 0 Å². The van der Waals surface area contributed by atoms with Gasteiger partial charge in [-0.05, 0) is 12.8 Å². The first kappa shape index (κ1) is 7.28. The largest absolute Gasteiger partial charge is 0.389 e. The van der Waals surface area contributed by atoms with Crippen molar-refractivity contribution in [3.05, 3.63) is 12.2 Å². The molecule has 0 fully saturated rings. The van der Waals surface area contributed by atoms with E-state index in [-0.39, 0.29) is 11.8 Å². The zero-order chi connectivity index (χ0) is 7.56. The van der Waals surface area contributed by atoms with Crippen molar-refractivity contribution in [1.29, 1.82) is 0 Å². The van der Waals surface area contributed by atoms with Gasteiger partial charge in [-0.3, -0.25) is 4.79 Å². The standard InChI is InChI=1S/C7H11NO2/c8-7(10)5-2-1-3-6(9)4-5/h1,3,5-6,9H,2,4H2,(H2,8,10)/t5-,6+/m0/s1. The van der Waals surface area contributed by atoms with E-state index in [1.165, 1.54) is 0 Å². The normalized spacial score (nSPS) is 32.1. The fourth-order valence-electron chi connectivity index (χ4n) is 1.10. The molecule has 1 amide bonds. The lowest BCUT2D eigenvalue weighted by atomic mass is 9.92. The molecule has 3 heteroatoms. The van der Waals surface area contributed by atoms with Crippen molar-refractivity contribution >= 4 is 5.91 Å². The summed E-state index contributed by atoms with van der Waals surface area (Å²) in [7, 11) is 0. The average molecular weight is 141 g/mol. The molecular formula is C7H11NO2. The quantitative estimate of drug-likeness (QED) is 0.497. The lowest BCUT2D eigenvalue weighted by Crippen LogP contribution is -2.28. The molecule has 1 rings (SSSR count). The van der Waals surface area contributed by atoms with Crippen molar-refractivity contribution in [3.8, 4) is 0 Å². The molecule has 2 atom stereocenters. The molecule has 3 N–H and O–H groups in total. The maximum atomic E-state index is 10.6. The number of hydrogen-bond acceptors (Lipinski definition) is 2. The number of hydrogen-bond donors (Lipinski definition) is 2. The number of primary amides is 1. The minimum atomic E-state index is -0.480. The molecule has 1 aliphatic carbocycles. The summed E-state index contributed by atoms with van der Waals surface area (Å²) in [5, 5.41) is 9.03. The van der Waals surface area contributed by atoms with E-state index >= 15 is 0 Å². The first-order chi connectivity index (χ1) is 4.70. The molecule has 0 saturated heterocycles. The van der Waals surface area contributed by atoms with E-state index in [4.69, 9.17) is 10.8 Å². The van der Waals surface area contributed by atoms with Crippen molar-refractivity contribution < 1.29 is 9.90 Å². The second kappa shape index (κ2) is 2.84. The lowest BCUT2D eigenvalue weighted by Gasteiger charge is -2.17. The summed E-state index contributed by atoms with van der Waals surface area (Å²) in [4.78, 5) is 10.6. The van der Waals surface area contributed by atoms with Gasteiger partial charge in [0.2, 0.25) is 5.91 Å². The van der Waals surface area contributed by atoms with Crippen molar-refractivity contribution in [1.82, 2.24) is 0 Å². The minimum Gasteiger partial charge on any atom is -0.389 e. The molecule has 56 valence electrons. The number of allylic oxidation sites excluding steroid dienone is 1. The summed E-state index contributed by atoms with van der Waals surface area (Å²) in [5.41, 5.74) is 5.05. The molecule has 0 aliphatic heterocycles. The second-order valence-corrected chi connectivity index (χ2v) is 2.57. The molecule has 10 heavy (non-hydrogen) atoms. The monoisotopic (exact) mass is 141 g/mol. The molecule has 0 aromatic heterocycles. The molecule has 0 unspecified atom stereocenters. The number of carbonyl (C=O) groups excluding carboxylic acids is 1. The van der Waals surface area contributed by atoms with Gasteiger partial charge >= 0.3 is 0 Å². The third-order valence-corrected chi connectivity index (χ3v) is 1.71. The first-order valence-corrected chi connectivity index (χ1v) is 3.34. The Morgan fingerprint density at radius 2 is 2.40 bits per heavy atom. The van der Waals surface area contributed by atoms with Crippen LogP contribution >= 0.6 is 0 Å². The van der Waals surface area contributed by atoms with E-state index in [9.17, 15) is 4.79 Å². The third-order valence-electron chi connectivity index (χ3n) is 1.71. The molecule has 0 saturated carbocycles. The second-order valence-electron chi connectivity index (χ2n) is 2.57. The molecule has 0 heterocycles. The highest BCUT2D eigenvalue weighted by molar-refractivity contribution is 5.77. The number of aliphatic hydroxyl groups is 1. The van der Waals surface area contributed by atoms with Gasteiger partial charge in [-0.25, -0.2) is 0 Å². The molecule has 0 aromatic carbocycles. The Hall–Kier alpha value is -0.830. The van der Waals surface area contributed by atoms with Crippen LogP contribution in [0.3, 0.4) is 0 Å². The van der Waals surface area contributed by atoms with E-state index in [2.05, 4.69) is 0 Å². The SMILES string of the molecule is NC(=O)[C@H]1CC=C[C@@H](O)C1. The van der Waals surface area contributed by atoms with E-state index in [0.29, 0.717) is 12.8 Å². The van der Waals surface area contributed by atoms with Crippen molar-refractivity contribution in [2.75, 3.05) is 0 Å². The summed E-state index contributed by atoms with van der Waals surface area (Å²) < 4.78 is 0. The smallest absolute Gasteiger partial charge is 0.220 e. The van der Waals surface area contributed by atoms with Crippen LogP contribution in [0.5, 0.6) is 0 Å². The van der Waals surface area contributed by atoms with Crippen molar-refractivity contribution in [2.24, 2.45) is 11.7 Å². The summed E-state index contributed by atoms with van der Waals surface area (Å²) in [6, 6.07) is 0. The van der Waals surface area contributed by atoms with Gasteiger partial charge in [0.15, 0.2) is 0 Å². The maximum Gasteiger partial charge on any atom is 0.220 e. The minimum absolute atomic E-state index is 0.167. The van der Waals surface area contributed by atoms with Gasteiger partial charge in [0.1, 0.15) is 0 Å². The van der Waals surface area contributed by atoms with E-state index in [1.807, 2.05) is 0 Å². The summed E-state index contributed by atoms with van der Waals surface area (Å²) in [5.74, 6) is -0.483. The zero-order valence-corrected chi connectivity index (χ0v) is 5.66. The van der Waals surface area contributed by atoms with Crippen LogP contribution in [-0.2, 0) is 4.79 Å². The molecular weight excluding hydrogens is 130 g/mol. The first-order valence-electron chi connectivity index (χ1n) is 3.34. The number of amides is 1. The maximum absolute atomic E-state index is 10.6. The zero-order valence-electron chi connectivity index (χ0n) is 5.66. The van der Waals surface area contributed by atoms with E-state index in [0.717, 1.165) is 0 Å². The highest BCUT2D eigenvalue weighted by Crippen LogP contribution is 2.17. The van der Waals surface area contributed by atoms with Gasteiger partial charge in [0.25, 0.3) is 0 Å². The molecule has 3 nitrogen and oxygen atoms in total. The molecule has 0 radical (unpaired) electrons. The van der Waals surface area contributed by atoms with Crippen LogP contribution in [0, 0.1) is 5.92 Å². The number of aliphatic hydroxyl groups excluding tert-OH is 1. The fraction of sp³-hybridized carbons (Fsp3) is 0.571. The molecule has 0 bridgehead atoms. The Labute approximate surface area is 59.5 Å². The predicted octanol–water partition coefficient (Wildman–Crippen LogP) is -0.201. The molecule has 0 aromatic rings. The Bertz CT molecular complexity index is 165. The van der Waals surface area contributed by atoms with Crippen LogP contribution in [0.4, 0.5) is 0 Å². The fourth-order valence-corrected chi connectivity index (χ4v) is 1.10. The third kappa shape index (κ3) is 1.57. The van der Waals surface area contributed by atoms with Crippen LogP contribution < -0.4 is 5.73 Å². The number of rotatable bonds is 1. The summed E-state index contributed by atoms with van der Waals surface area (Å²) in [6.07, 6.45) is 4.16. The Kier molecular flexibility index (Phi) is 2.06. The van der Waals surface area contributed by atoms with Crippen LogP contribution in [0.1, 0.15) is 12.8 Å². The molecule has 1 aliphatic rings. The highest BCUT2D eigenvalue weighted by Gasteiger charge is 2.19. The number of nitrogens with two attached hydrogens (primary N) is 1. The van der Waals surface area contributed by atoms with E-state index < -0.39 is 6.10 Å². The molecule has 0 spiro atoms. The van der Waals surface area contributed by atoms with Gasteiger partial charge in [0.05, 0.1) is 6.10 Å². The predicted molar refractivity (Wildman–Crippen MR) is 37.1 cm³/mol. The van der Waals surface area contributed by atoms with Crippen LogP contribution in [0.15, 0.2) is 12.2 Å². The van der Waals surface area contributed by atoms with Crippen LogP contribution in [0.25, 0.3) is 0 Å². The van der Waals surface area contributed by atoms with Gasteiger partial charge in [-0.15, -0.1) is 0 Å². The van der Waals surface area contributed by atoms with Crippen molar-refractivity contribution in [2.45, 2.75) is 18.9 Å². The Morgan fingerprint density at radius 3 is 2.80 bits per heavy atom. The Morgan fingerprint density at radius 1 is 1.70 bits per heavy atom. The Balaban J connectivity index is 2.52. The summed E-state index contributed by atoms with van der Waals surface area (Å²) >= 11 is 0. The van der Waals surface area contributed by atoms with Crippen LogP contribution in [0.2, 0.25) is 0 Å². The van der Waals surface area contributed by atoms with Gasteiger partial charge < -0.3 is 10.8 Å². The van der Waals surface area contributed by atoms with Gasteiger partial charge in [0, 0.05) is 5.92 Å².